The minimum Gasteiger partial charge on any atom is -0.543 e. The predicted molar refractivity (Wildman–Crippen MR) is 153 cm³/mol. The Balaban J connectivity index is 0.000000410. The molecule has 0 atom stereocenters. The Bertz CT molecular complexity index is 1590. The highest BCUT2D eigenvalue weighted by Gasteiger charge is 2.22. The summed E-state index contributed by atoms with van der Waals surface area (Å²) in [6, 6.07) is 15.0. The molecule has 244 valence electrons. The van der Waals surface area contributed by atoms with E-state index in [0.717, 1.165) is 61.3 Å². The first kappa shape index (κ1) is 35.3. The maximum atomic E-state index is 13.4. The number of benzene rings is 2. The Morgan fingerprint density at radius 3 is 2.07 bits per heavy atom. The number of nitrogens with zero attached hydrogens (tertiary/aromatic N) is 4. The van der Waals surface area contributed by atoms with Gasteiger partial charge in [0.15, 0.2) is 0 Å². The molecule has 2 aromatic heterocycles. The number of rotatable bonds is 8. The van der Waals surface area contributed by atoms with Crippen LogP contribution in [-0.2, 0) is 32.1 Å². The molecule has 1 N–H and O–H groups in total. The van der Waals surface area contributed by atoms with E-state index >= 15 is 0 Å². The molecule has 1 amide bonds. The maximum Gasteiger partial charge on any atom is 0.270 e. The SMILES string of the molecule is O=C(NCCN1CCC(Cc2nc3ccccc3n2Cc2ccc(F)cc2)CC1)c1cscn1.O=C([O-])C(=O)[O-].O=C([O-])C(=O)[O-]. The lowest BCUT2D eigenvalue weighted by Gasteiger charge is -2.31. The lowest BCUT2D eigenvalue weighted by molar-refractivity contribution is -0.345. The molecule has 1 aliphatic rings. The molecule has 0 radical (unpaired) electrons. The summed E-state index contributed by atoms with van der Waals surface area (Å²) < 4.78 is 15.7. The number of carbonyl (C=O) groups excluding carboxylic acids is 5. The molecule has 4 aromatic rings. The smallest absolute Gasteiger partial charge is 0.270 e. The second kappa shape index (κ2) is 17.3. The van der Waals surface area contributed by atoms with Crippen LogP contribution in [0.4, 0.5) is 4.39 Å². The van der Waals surface area contributed by atoms with Crippen molar-refractivity contribution in [1.29, 1.82) is 0 Å². The Hall–Kier alpha value is -5.22. The molecule has 0 unspecified atom stereocenters. The Labute approximate surface area is 265 Å². The number of piperidine rings is 1. The van der Waals surface area contributed by atoms with Crippen LogP contribution < -0.4 is 25.7 Å². The summed E-state index contributed by atoms with van der Waals surface area (Å²) in [5.41, 5.74) is 5.36. The number of nitrogens with one attached hydrogen (secondary N) is 1. The number of carboxylic acid groups (broad SMARTS) is 4. The fraction of sp³-hybridized carbons (Fsp3) is 0.300. The van der Waals surface area contributed by atoms with Gasteiger partial charge in [0, 0.05) is 31.4 Å². The van der Waals surface area contributed by atoms with Crippen LogP contribution in [0.3, 0.4) is 0 Å². The molecule has 14 nitrogen and oxygen atoms in total. The van der Waals surface area contributed by atoms with Crippen molar-refractivity contribution in [2.24, 2.45) is 5.92 Å². The third-order valence-electron chi connectivity index (χ3n) is 6.88. The number of thiazole rings is 1. The van der Waals surface area contributed by atoms with E-state index in [9.17, 15) is 9.18 Å². The van der Waals surface area contributed by atoms with Gasteiger partial charge in [0.05, 0.1) is 40.4 Å². The first-order chi connectivity index (χ1) is 21.9. The van der Waals surface area contributed by atoms with Crippen molar-refractivity contribution in [3.8, 4) is 0 Å². The average molecular weight is 654 g/mol. The van der Waals surface area contributed by atoms with Gasteiger partial charge in [-0.1, -0.05) is 24.3 Å². The van der Waals surface area contributed by atoms with Crippen molar-refractivity contribution >= 4 is 52.2 Å². The van der Waals surface area contributed by atoms with Crippen molar-refractivity contribution in [1.82, 2.24) is 24.8 Å². The fourth-order valence-corrected chi connectivity index (χ4v) is 5.18. The van der Waals surface area contributed by atoms with Crippen LogP contribution in [0.25, 0.3) is 11.0 Å². The van der Waals surface area contributed by atoms with E-state index < -0.39 is 23.9 Å². The number of aliphatic carboxylic acids is 4. The Morgan fingerprint density at radius 2 is 1.50 bits per heavy atom. The van der Waals surface area contributed by atoms with Crippen LogP contribution in [0.5, 0.6) is 0 Å². The molecule has 3 heterocycles. The summed E-state index contributed by atoms with van der Waals surface area (Å²) in [4.78, 5) is 59.2. The number of aromatic nitrogens is 3. The van der Waals surface area contributed by atoms with Gasteiger partial charge in [0.1, 0.15) is 17.3 Å². The summed E-state index contributed by atoms with van der Waals surface area (Å²) in [6.07, 6.45) is 3.16. The molecular formula is C30H28FN5O9S-4. The topological polar surface area (TPSA) is 224 Å². The zero-order valence-electron chi connectivity index (χ0n) is 24.3. The number of likely N-dealkylation sites (tertiary alicyclic amines) is 1. The third-order valence-corrected chi connectivity index (χ3v) is 7.46. The minimum atomic E-state index is -2.19. The number of imidazole rings is 1. The van der Waals surface area contributed by atoms with Crippen molar-refractivity contribution in [3.05, 3.63) is 82.3 Å². The summed E-state index contributed by atoms with van der Waals surface area (Å²) in [7, 11) is 0. The molecule has 0 spiro atoms. The van der Waals surface area contributed by atoms with Gasteiger partial charge < -0.3 is 54.4 Å². The lowest BCUT2D eigenvalue weighted by atomic mass is 9.93. The number of para-hydroxylation sites is 2. The summed E-state index contributed by atoms with van der Waals surface area (Å²) in [5, 5.41) is 40.4. The van der Waals surface area contributed by atoms with Crippen LogP contribution in [0, 0.1) is 11.7 Å². The lowest BCUT2D eigenvalue weighted by Crippen LogP contribution is -2.42. The number of hydrogen-bond donors (Lipinski definition) is 1. The normalized spacial score (nSPS) is 13.1. The second-order valence-corrected chi connectivity index (χ2v) is 10.7. The number of halogens is 1. The predicted octanol–water partition coefficient (Wildman–Crippen LogP) is -2.66. The minimum absolute atomic E-state index is 0.101. The average Bonchev–Trinajstić information content (AvgIpc) is 3.69. The Kier molecular flexibility index (Phi) is 13.3. The van der Waals surface area contributed by atoms with Crippen LogP contribution in [0.1, 0.15) is 34.7 Å². The zero-order valence-corrected chi connectivity index (χ0v) is 25.1. The van der Waals surface area contributed by atoms with Crippen molar-refractivity contribution in [2.45, 2.75) is 25.8 Å². The van der Waals surface area contributed by atoms with Gasteiger partial charge in [-0.15, -0.1) is 11.3 Å². The number of fused-ring (bicyclic) bond motifs is 1. The molecule has 0 saturated carbocycles. The van der Waals surface area contributed by atoms with Crippen molar-refractivity contribution in [2.75, 3.05) is 26.2 Å². The summed E-state index contributed by atoms with van der Waals surface area (Å²) in [5.74, 6) is -7.38. The van der Waals surface area contributed by atoms with Crippen molar-refractivity contribution < 1.29 is 48.8 Å². The first-order valence-corrected chi connectivity index (χ1v) is 14.8. The Morgan fingerprint density at radius 1 is 0.891 bits per heavy atom. The van der Waals surface area contributed by atoms with E-state index in [-0.39, 0.29) is 11.7 Å². The monoisotopic (exact) mass is 653 g/mol. The van der Waals surface area contributed by atoms with E-state index in [1.54, 1.807) is 10.9 Å². The van der Waals surface area contributed by atoms with Crippen molar-refractivity contribution in [3.63, 3.8) is 0 Å². The van der Waals surface area contributed by atoms with Gasteiger partial charge in [-0.2, -0.15) is 0 Å². The zero-order chi connectivity index (χ0) is 33.6. The largest absolute Gasteiger partial charge is 0.543 e. The molecule has 2 aromatic carbocycles. The molecule has 0 aliphatic carbocycles. The molecule has 1 aliphatic heterocycles. The molecule has 46 heavy (non-hydrogen) atoms. The highest BCUT2D eigenvalue weighted by atomic mass is 32.1. The quantitative estimate of drug-likeness (QED) is 0.192. The first-order valence-electron chi connectivity index (χ1n) is 13.9. The van der Waals surface area contributed by atoms with Gasteiger partial charge in [0.25, 0.3) is 5.91 Å². The van der Waals surface area contributed by atoms with Gasteiger partial charge in [-0.25, -0.2) is 14.4 Å². The number of carbonyl (C=O) groups is 5. The van der Waals surface area contributed by atoms with E-state index in [2.05, 4.69) is 31.9 Å². The van der Waals surface area contributed by atoms with Gasteiger partial charge in [-0.05, 0) is 61.7 Å². The van der Waals surface area contributed by atoms with E-state index in [1.165, 1.54) is 23.5 Å². The number of hydrogen-bond acceptors (Lipinski definition) is 13. The maximum absolute atomic E-state index is 13.4. The van der Waals surface area contributed by atoms with E-state index in [4.69, 9.17) is 44.6 Å². The molecule has 5 rings (SSSR count). The van der Waals surface area contributed by atoms with Gasteiger partial charge in [0.2, 0.25) is 0 Å². The summed E-state index contributed by atoms with van der Waals surface area (Å²) >= 11 is 1.43. The second-order valence-electron chi connectivity index (χ2n) is 10.00. The number of amides is 1. The fourth-order valence-electron chi connectivity index (χ4n) is 4.65. The van der Waals surface area contributed by atoms with Crippen LogP contribution in [-0.4, -0.2) is 75.4 Å². The molecular weight excluding hydrogens is 625 g/mol. The van der Waals surface area contributed by atoms with E-state index in [1.807, 2.05) is 24.3 Å². The highest BCUT2D eigenvalue weighted by molar-refractivity contribution is 7.07. The molecule has 1 fully saturated rings. The van der Waals surface area contributed by atoms with Crippen LogP contribution in [0.15, 0.2) is 59.4 Å². The molecule has 1 saturated heterocycles. The van der Waals surface area contributed by atoms with Crippen LogP contribution in [0.2, 0.25) is 0 Å². The van der Waals surface area contributed by atoms with Gasteiger partial charge >= 0.3 is 0 Å². The van der Waals surface area contributed by atoms with Crippen LogP contribution >= 0.6 is 11.3 Å². The standard InChI is InChI=1S/C26H28FN5OS.2C2H2O4/c27-21-7-5-20(6-8-21)16-32-24-4-2-1-3-22(24)30-25(32)15-19-9-12-31(13-10-19)14-11-28-26(33)23-17-34-18-29-23;2*3-1(4)2(5)6/h1-8,17-19H,9-16H2,(H,28,33);2*(H,3,4)(H,5,6)/p-4. The van der Waals surface area contributed by atoms with E-state index in [0.29, 0.717) is 24.7 Å². The molecule has 16 heteroatoms. The molecule has 0 bridgehead atoms. The van der Waals surface area contributed by atoms with Gasteiger partial charge in [-0.3, -0.25) is 4.79 Å². The number of carboxylic acids is 4. The highest BCUT2D eigenvalue weighted by Crippen LogP contribution is 2.25. The third kappa shape index (κ3) is 11.0. The summed E-state index contributed by atoms with van der Waals surface area (Å²) in [6.45, 7) is 4.22.